The van der Waals surface area contributed by atoms with Crippen LogP contribution in [0.5, 0.6) is 0 Å². The van der Waals surface area contributed by atoms with Gasteiger partial charge in [0.15, 0.2) is 0 Å². The minimum absolute atomic E-state index is 0.0605. The molecule has 1 aromatic carbocycles. The van der Waals surface area contributed by atoms with Gasteiger partial charge in [-0.05, 0) is 29.2 Å². The number of thiophene rings is 1. The lowest BCUT2D eigenvalue weighted by molar-refractivity contribution is -0.117. The summed E-state index contributed by atoms with van der Waals surface area (Å²) in [4.78, 5) is 12.8. The van der Waals surface area contributed by atoms with Crippen molar-refractivity contribution < 1.29 is 14.3 Å². The number of carbonyl (C=O) groups is 1. The first-order valence-corrected chi connectivity index (χ1v) is 8.36. The van der Waals surface area contributed by atoms with Gasteiger partial charge in [0, 0.05) is 16.5 Å². The lowest BCUT2D eigenvalue weighted by Gasteiger charge is -2.26. The third-order valence-electron chi connectivity index (χ3n) is 3.67. The molecule has 0 saturated heterocycles. The minimum Gasteiger partial charge on any atom is -0.472 e. The highest BCUT2D eigenvalue weighted by Gasteiger charge is 2.34. The standard InChI is InChI=1S/C19H17NO3S/c21-18(9-8-15-5-2-1-3-6-15)20-14-19(22,16-10-11-23-13-16)17-7-4-12-24-17/h1-13,22H,14H2,(H,20,21)/b9-8+/t19-/m1/s1. The van der Waals surface area contributed by atoms with Gasteiger partial charge >= 0.3 is 0 Å². The Labute approximate surface area is 144 Å². The summed E-state index contributed by atoms with van der Waals surface area (Å²) in [7, 11) is 0. The van der Waals surface area contributed by atoms with Crippen LogP contribution in [0.4, 0.5) is 0 Å². The van der Waals surface area contributed by atoms with Crippen molar-refractivity contribution in [2.75, 3.05) is 6.54 Å². The van der Waals surface area contributed by atoms with Crippen LogP contribution in [0.1, 0.15) is 16.0 Å². The molecule has 0 aliphatic rings. The van der Waals surface area contributed by atoms with Gasteiger partial charge in [-0.3, -0.25) is 4.79 Å². The average molecular weight is 339 g/mol. The number of nitrogens with one attached hydrogen (secondary N) is 1. The van der Waals surface area contributed by atoms with Gasteiger partial charge in [-0.2, -0.15) is 0 Å². The number of benzene rings is 1. The molecule has 3 rings (SSSR count). The Morgan fingerprint density at radius 3 is 2.71 bits per heavy atom. The highest BCUT2D eigenvalue weighted by Crippen LogP contribution is 2.32. The summed E-state index contributed by atoms with van der Waals surface area (Å²) in [5.41, 5.74) is 0.241. The fraction of sp³-hybridized carbons (Fsp3) is 0.105. The summed E-state index contributed by atoms with van der Waals surface area (Å²) in [6.07, 6.45) is 6.19. The molecule has 1 atom stereocenters. The molecule has 0 radical (unpaired) electrons. The lowest BCUT2D eigenvalue weighted by Crippen LogP contribution is -2.40. The Hall–Kier alpha value is -2.63. The number of hydrogen-bond acceptors (Lipinski definition) is 4. The fourth-order valence-electron chi connectivity index (χ4n) is 2.36. The molecule has 4 nitrogen and oxygen atoms in total. The molecule has 0 bridgehead atoms. The van der Waals surface area contributed by atoms with E-state index in [0.717, 1.165) is 10.4 Å². The topological polar surface area (TPSA) is 62.5 Å². The van der Waals surface area contributed by atoms with Crippen LogP contribution in [-0.4, -0.2) is 17.6 Å². The Morgan fingerprint density at radius 1 is 1.21 bits per heavy atom. The first kappa shape index (κ1) is 16.2. The summed E-state index contributed by atoms with van der Waals surface area (Å²) in [6.45, 7) is 0.0605. The lowest BCUT2D eigenvalue weighted by atomic mass is 9.94. The van der Waals surface area contributed by atoms with Crippen LogP contribution in [0, 0.1) is 0 Å². The van der Waals surface area contributed by atoms with E-state index in [1.807, 2.05) is 47.8 Å². The third-order valence-corrected chi connectivity index (χ3v) is 4.69. The molecule has 2 aromatic heterocycles. The molecular formula is C19H17NO3S. The molecule has 2 heterocycles. The van der Waals surface area contributed by atoms with Crippen LogP contribution < -0.4 is 5.32 Å². The van der Waals surface area contributed by atoms with Gasteiger partial charge in [-0.15, -0.1) is 11.3 Å². The van der Waals surface area contributed by atoms with Gasteiger partial charge in [0.1, 0.15) is 5.60 Å². The number of carbonyl (C=O) groups excluding carboxylic acids is 1. The van der Waals surface area contributed by atoms with Crippen molar-refractivity contribution in [1.29, 1.82) is 0 Å². The molecule has 0 unspecified atom stereocenters. The van der Waals surface area contributed by atoms with Gasteiger partial charge in [0.2, 0.25) is 5.91 Å². The van der Waals surface area contributed by atoms with Crippen LogP contribution >= 0.6 is 11.3 Å². The zero-order valence-corrected chi connectivity index (χ0v) is 13.7. The number of aliphatic hydroxyl groups is 1. The Bertz CT molecular complexity index is 758. The van der Waals surface area contributed by atoms with Crippen LogP contribution in [-0.2, 0) is 10.4 Å². The van der Waals surface area contributed by atoms with Gasteiger partial charge in [-0.25, -0.2) is 0 Å². The van der Waals surface area contributed by atoms with E-state index in [1.165, 1.54) is 29.9 Å². The molecule has 0 aliphatic heterocycles. The van der Waals surface area contributed by atoms with E-state index in [1.54, 1.807) is 12.1 Å². The van der Waals surface area contributed by atoms with Crippen molar-refractivity contribution in [3.8, 4) is 0 Å². The van der Waals surface area contributed by atoms with Crippen LogP contribution in [0.3, 0.4) is 0 Å². The molecule has 0 spiro atoms. The highest BCUT2D eigenvalue weighted by atomic mass is 32.1. The quantitative estimate of drug-likeness (QED) is 0.677. The first-order valence-electron chi connectivity index (χ1n) is 7.48. The summed E-state index contributed by atoms with van der Waals surface area (Å²) < 4.78 is 5.09. The van der Waals surface area contributed by atoms with E-state index >= 15 is 0 Å². The van der Waals surface area contributed by atoms with Crippen molar-refractivity contribution >= 4 is 23.3 Å². The third kappa shape index (κ3) is 3.64. The van der Waals surface area contributed by atoms with Crippen molar-refractivity contribution in [2.24, 2.45) is 0 Å². The van der Waals surface area contributed by atoms with Crippen molar-refractivity contribution in [3.63, 3.8) is 0 Å². The van der Waals surface area contributed by atoms with E-state index in [0.29, 0.717) is 5.56 Å². The molecule has 0 fully saturated rings. The summed E-state index contributed by atoms with van der Waals surface area (Å²) in [6, 6.07) is 15.0. The second-order valence-corrected chi connectivity index (χ2v) is 6.26. The zero-order valence-electron chi connectivity index (χ0n) is 12.9. The molecule has 0 aliphatic carbocycles. The SMILES string of the molecule is O=C(/C=C/c1ccccc1)NC[C@@](O)(c1ccoc1)c1cccs1. The molecule has 3 aromatic rings. The van der Waals surface area contributed by atoms with Crippen molar-refractivity contribution in [2.45, 2.75) is 5.60 Å². The fourth-order valence-corrected chi connectivity index (χ4v) is 3.20. The molecule has 2 N–H and O–H groups in total. The minimum atomic E-state index is -1.31. The van der Waals surface area contributed by atoms with Crippen molar-refractivity contribution in [3.05, 3.63) is 88.5 Å². The van der Waals surface area contributed by atoms with E-state index in [2.05, 4.69) is 5.32 Å². The number of amides is 1. The van der Waals surface area contributed by atoms with E-state index in [-0.39, 0.29) is 12.5 Å². The number of furan rings is 1. The van der Waals surface area contributed by atoms with Crippen LogP contribution in [0.2, 0.25) is 0 Å². The summed E-state index contributed by atoms with van der Waals surface area (Å²) in [5.74, 6) is -0.266. The van der Waals surface area contributed by atoms with E-state index < -0.39 is 5.60 Å². The highest BCUT2D eigenvalue weighted by molar-refractivity contribution is 7.10. The molecule has 5 heteroatoms. The average Bonchev–Trinajstić information content (AvgIpc) is 3.32. The maximum Gasteiger partial charge on any atom is 0.244 e. The normalized spacial score (nSPS) is 13.7. The summed E-state index contributed by atoms with van der Waals surface area (Å²) >= 11 is 1.43. The van der Waals surface area contributed by atoms with Gasteiger partial charge < -0.3 is 14.8 Å². The van der Waals surface area contributed by atoms with Gasteiger partial charge in [0.05, 0.1) is 19.1 Å². The second-order valence-electron chi connectivity index (χ2n) is 5.31. The molecule has 0 saturated carbocycles. The Kier molecular flexibility index (Phi) is 4.93. The molecule has 122 valence electrons. The summed E-state index contributed by atoms with van der Waals surface area (Å²) in [5, 5.41) is 15.7. The molecule has 1 amide bonds. The maximum atomic E-state index is 12.1. The predicted octanol–water partition coefficient (Wildman–Crippen LogP) is 3.41. The predicted molar refractivity (Wildman–Crippen MR) is 94.5 cm³/mol. The second kappa shape index (κ2) is 7.29. The monoisotopic (exact) mass is 339 g/mol. The number of rotatable bonds is 6. The van der Waals surface area contributed by atoms with Gasteiger partial charge in [-0.1, -0.05) is 36.4 Å². The molecular weight excluding hydrogens is 322 g/mol. The van der Waals surface area contributed by atoms with Crippen LogP contribution in [0.15, 0.2) is 76.9 Å². The largest absolute Gasteiger partial charge is 0.472 e. The van der Waals surface area contributed by atoms with Crippen molar-refractivity contribution in [1.82, 2.24) is 5.32 Å². The van der Waals surface area contributed by atoms with Gasteiger partial charge in [0.25, 0.3) is 0 Å². The Balaban J connectivity index is 1.71. The number of hydrogen-bond donors (Lipinski definition) is 2. The first-order chi connectivity index (χ1) is 11.7. The zero-order chi connectivity index (χ0) is 16.8. The Morgan fingerprint density at radius 2 is 2.04 bits per heavy atom. The smallest absolute Gasteiger partial charge is 0.244 e. The van der Waals surface area contributed by atoms with Crippen LogP contribution in [0.25, 0.3) is 6.08 Å². The van der Waals surface area contributed by atoms with E-state index in [4.69, 9.17) is 4.42 Å². The molecule has 24 heavy (non-hydrogen) atoms. The maximum absolute atomic E-state index is 12.1. The van der Waals surface area contributed by atoms with E-state index in [9.17, 15) is 9.90 Å².